The molecule has 1 saturated heterocycles. The summed E-state index contributed by atoms with van der Waals surface area (Å²) in [6, 6.07) is 7.02. The van der Waals surface area contributed by atoms with Crippen LogP contribution >= 0.6 is 0 Å². The molecule has 0 N–H and O–H groups in total. The van der Waals surface area contributed by atoms with Gasteiger partial charge >= 0.3 is 5.97 Å². The lowest BCUT2D eigenvalue weighted by Gasteiger charge is -2.26. The van der Waals surface area contributed by atoms with Gasteiger partial charge in [-0.05, 0) is 31.9 Å². The van der Waals surface area contributed by atoms with Crippen molar-refractivity contribution >= 4 is 32.7 Å². The van der Waals surface area contributed by atoms with Gasteiger partial charge in [0.2, 0.25) is 0 Å². The Bertz CT molecular complexity index is 1170. The molecular formula is C23H31N3O6S. The largest absolute Gasteiger partial charge is 0.456 e. The van der Waals surface area contributed by atoms with Gasteiger partial charge in [0, 0.05) is 25.6 Å². The molecule has 1 aromatic heterocycles. The standard InChI is InChI=1S/C23H31N3O6S/c1-3-5-13-26-20-9-7-6-8-18(20)24-19(23(26)29)10-11-22(28)32-15-21(27)25(4-2)17-12-14-33(30,31)16-17/h6-9,17H,3-5,10-16H2,1-2H3/t17-/m0/s1. The highest BCUT2D eigenvalue weighted by Gasteiger charge is 2.34. The molecule has 180 valence electrons. The number of hydrogen-bond donors (Lipinski definition) is 0. The third kappa shape index (κ3) is 6.19. The minimum atomic E-state index is -3.12. The second-order valence-corrected chi connectivity index (χ2v) is 10.5. The fourth-order valence-corrected chi connectivity index (χ4v) is 5.85. The first kappa shape index (κ1) is 24.9. The summed E-state index contributed by atoms with van der Waals surface area (Å²) in [7, 11) is -3.12. The van der Waals surface area contributed by atoms with E-state index in [0.717, 1.165) is 18.4 Å². The number of sulfone groups is 1. The van der Waals surface area contributed by atoms with Crippen molar-refractivity contribution in [3.63, 3.8) is 0 Å². The second kappa shape index (κ2) is 10.9. The Morgan fingerprint density at radius 2 is 2.00 bits per heavy atom. The first-order valence-electron chi connectivity index (χ1n) is 11.4. The van der Waals surface area contributed by atoms with Crippen molar-refractivity contribution in [2.75, 3.05) is 24.7 Å². The Morgan fingerprint density at radius 1 is 1.24 bits per heavy atom. The van der Waals surface area contributed by atoms with Gasteiger partial charge in [0.15, 0.2) is 16.4 Å². The number of unbranched alkanes of at least 4 members (excludes halogenated alkanes) is 1. The van der Waals surface area contributed by atoms with Crippen LogP contribution in [0.4, 0.5) is 0 Å². The van der Waals surface area contributed by atoms with Crippen LogP contribution in [0.25, 0.3) is 11.0 Å². The number of para-hydroxylation sites is 2. The zero-order valence-corrected chi connectivity index (χ0v) is 20.0. The number of aryl methyl sites for hydroxylation is 2. The summed E-state index contributed by atoms with van der Waals surface area (Å²) in [6.07, 6.45) is 2.23. The molecule has 0 saturated carbocycles. The maximum atomic E-state index is 12.9. The van der Waals surface area contributed by atoms with Crippen LogP contribution in [-0.4, -0.2) is 65.4 Å². The van der Waals surface area contributed by atoms with E-state index in [-0.39, 0.29) is 35.9 Å². The molecule has 1 atom stereocenters. The number of benzene rings is 1. The molecule has 33 heavy (non-hydrogen) atoms. The topological polar surface area (TPSA) is 116 Å². The quantitative estimate of drug-likeness (QED) is 0.478. The highest BCUT2D eigenvalue weighted by molar-refractivity contribution is 7.91. The lowest BCUT2D eigenvalue weighted by molar-refractivity contribution is -0.152. The summed E-state index contributed by atoms with van der Waals surface area (Å²) in [4.78, 5) is 43.6. The molecule has 0 aliphatic carbocycles. The predicted octanol–water partition coefficient (Wildman–Crippen LogP) is 1.71. The minimum Gasteiger partial charge on any atom is -0.456 e. The molecule has 1 aliphatic heterocycles. The first-order valence-corrected chi connectivity index (χ1v) is 13.2. The van der Waals surface area contributed by atoms with Crippen LogP contribution in [0.1, 0.15) is 45.2 Å². The number of likely N-dealkylation sites (N-methyl/N-ethyl adjacent to an activating group) is 1. The van der Waals surface area contributed by atoms with E-state index in [9.17, 15) is 22.8 Å². The molecule has 0 bridgehead atoms. The number of rotatable bonds is 10. The fraction of sp³-hybridized carbons (Fsp3) is 0.565. The van der Waals surface area contributed by atoms with E-state index >= 15 is 0 Å². The summed E-state index contributed by atoms with van der Waals surface area (Å²) in [5.74, 6) is -1.01. The van der Waals surface area contributed by atoms with E-state index in [1.165, 1.54) is 4.90 Å². The Labute approximate surface area is 193 Å². The number of hydrogen-bond acceptors (Lipinski definition) is 7. The van der Waals surface area contributed by atoms with E-state index in [2.05, 4.69) is 11.9 Å². The summed E-state index contributed by atoms with van der Waals surface area (Å²) in [5.41, 5.74) is 1.53. The molecule has 2 aromatic rings. The average Bonchev–Trinajstić information content (AvgIpc) is 3.15. The van der Waals surface area contributed by atoms with Crippen LogP contribution in [0.2, 0.25) is 0 Å². The van der Waals surface area contributed by atoms with Gasteiger partial charge in [0.1, 0.15) is 5.69 Å². The van der Waals surface area contributed by atoms with Crippen molar-refractivity contribution in [3.05, 3.63) is 40.3 Å². The van der Waals surface area contributed by atoms with Crippen molar-refractivity contribution in [2.45, 2.75) is 58.5 Å². The molecular weight excluding hydrogens is 446 g/mol. The predicted molar refractivity (Wildman–Crippen MR) is 125 cm³/mol. The van der Waals surface area contributed by atoms with Gasteiger partial charge in [-0.15, -0.1) is 0 Å². The molecule has 10 heteroatoms. The number of nitrogens with zero attached hydrogens (tertiary/aromatic N) is 3. The highest BCUT2D eigenvalue weighted by atomic mass is 32.2. The van der Waals surface area contributed by atoms with Gasteiger partial charge in [-0.25, -0.2) is 13.4 Å². The number of esters is 1. The van der Waals surface area contributed by atoms with Gasteiger partial charge < -0.3 is 14.2 Å². The van der Waals surface area contributed by atoms with Gasteiger partial charge in [0.25, 0.3) is 11.5 Å². The normalized spacial score (nSPS) is 17.2. The molecule has 1 aliphatic rings. The Balaban J connectivity index is 1.61. The van der Waals surface area contributed by atoms with Crippen molar-refractivity contribution in [1.29, 1.82) is 0 Å². The van der Waals surface area contributed by atoms with E-state index in [4.69, 9.17) is 4.74 Å². The van der Waals surface area contributed by atoms with Crippen LogP contribution in [0.5, 0.6) is 0 Å². The van der Waals surface area contributed by atoms with E-state index < -0.39 is 28.3 Å². The molecule has 0 spiro atoms. The Kier molecular flexibility index (Phi) is 8.23. The summed E-state index contributed by atoms with van der Waals surface area (Å²) in [6.45, 7) is 4.29. The van der Waals surface area contributed by atoms with Crippen molar-refractivity contribution in [2.24, 2.45) is 0 Å². The van der Waals surface area contributed by atoms with Gasteiger partial charge in [-0.3, -0.25) is 14.4 Å². The SMILES string of the molecule is CCCCn1c(=O)c(CCC(=O)OCC(=O)N(CC)[C@H]2CCS(=O)(=O)C2)nc2ccccc21. The van der Waals surface area contributed by atoms with Crippen LogP contribution in [0.15, 0.2) is 29.1 Å². The van der Waals surface area contributed by atoms with E-state index in [0.29, 0.717) is 30.7 Å². The third-order valence-electron chi connectivity index (χ3n) is 5.89. The fourth-order valence-electron chi connectivity index (χ4n) is 4.12. The maximum Gasteiger partial charge on any atom is 0.306 e. The number of aromatic nitrogens is 2. The molecule has 0 radical (unpaired) electrons. The zero-order valence-electron chi connectivity index (χ0n) is 19.2. The maximum absolute atomic E-state index is 12.9. The van der Waals surface area contributed by atoms with Gasteiger partial charge in [-0.2, -0.15) is 0 Å². The molecule has 3 rings (SSSR count). The molecule has 0 unspecified atom stereocenters. The zero-order chi connectivity index (χ0) is 24.0. The number of fused-ring (bicyclic) bond motifs is 1. The van der Waals surface area contributed by atoms with E-state index in [1.54, 1.807) is 11.5 Å². The lowest BCUT2D eigenvalue weighted by atomic mass is 10.2. The molecule has 1 amide bonds. The number of ether oxygens (including phenoxy) is 1. The van der Waals surface area contributed by atoms with Crippen molar-refractivity contribution in [3.8, 4) is 0 Å². The summed E-state index contributed by atoms with van der Waals surface area (Å²) in [5, 5.41) is 0. The summed E-state index contributed by atoms with van der Waals surface area (Å²) >= 11 is 0. The molecule has 1 aromatic carbocycles. The molecule has 9 nitrogen and oxygen atoms in total. The number of amides is 1. The Morgan fingerprint density at radius 3 is 2.67 bits per heavy atom. The lowest BCUT2D eigenvalue weighted by Crippen LogP contribution is -2.43. The second-order valence-electron chi connectivity index (χ2n) is 8.25. The highest BCUT2D eigenvalue weighted by Crippen LogP contribution is 2.18. The van der Waals surface area contributed by atoms with Crippen molar-refractivity contribution in [1.82, 2.24) is 14.5 Å². The molecule has 1 fully saturated rings. The molecule has 2 heterocycles. The monoisotopic (exact) mass is 477 g/mol. The van der Waals surface area contributed by atoms with Crippen LogP contribution in [0.3, 0.4) is 0 Å². The van der Waals surface area contributed by atoms with Gasteiger partial charge in [0.05, 0.1) is 29.0 Å². The number of carbonyl (C=O) groups excluding carboxylic acids is 2. The third-order valence-corrected chi connectivity index (χ3v) is 7.64. The minimum absolute atomic E-state index is 0.0571. The van der Waals surface area contributed by atoms with Crippen LogP contribution in [0, 0.1) is 0 Å². The number of carbonyl (C=O) groups is 2. The smallest absolute Gasteiger partial charge is 0.306 e. The Hall–Kier alpha value is -2.75. The summed E-state index contributed by atoms with van der Waals surface area (Å²) < 4.78 is 30.2. The van der Waals surface area contributed by atoms with E-state index in [1.807, 2.05) is 24.3 Å². The van der Waals surface area contributed by atoms with Crippen molar-refractivity contribution < 1.29 is 22.7 Å². The van der Waals surface area contributed by atoms with Crippen LogP contribution in [-0.2, 0) is 37.1 Å². The first-order chi connectivity index (χ1) is 15.8. The van der Waals surface area contributed by atoms with Crippen LogP contribution < -0.4 is 5.56 Å². The van der Waals surface area contributed by atoms with Gasteiger partial charge in [-0.1, -0.05) is 25.5 Å². The average molecular weight is 478 g/mol.